The second-order valence-electron chi connectivity index (χ2n) is 2.22. The summed E-state index contributed by atoms with van der Waals surface area (Å²) in [5.74, 6) is 0. The molecule has 0 atom stereocenters. The van der Waals surface area contributed by atoms with Gasteiger partial charge in [-0.3, -0.25) is 0 Å². The Kier molecular flexibility index (Phi) is 5.64. The lowest BCUT2D eigenvalue weighted by Crippen LogP contribution is -2.02. The molecule has 0 rings (SSSR count). The fourth-order valence-electron chi connectivity index (χ4n) is 0.897. The Balaban J connectivity index is 3.53. The van der Waals surface area contributed by atoms with Crippen molar-refractivity contribution in [3.8, 4) is 0 Å². The summed E-state index contributed by atoms with van der Waals surface area (Å²) < 4.78 is 0. The van der Waals surface area contributed by atoms with Crippen LogP contribution in [0.5, 0.6) is 0 Å². The Morgan fingerprint density at radius 2 is 2.11 bits per heavy atom. The fraction of sp³-hybridized carbons (Fsp3) is 0.750. The molecule has 0 amide bonds. The topological polar surface area (TPSA) is 26.0 Å². The molecule has 54 valence electrons. The van der Waals surface area contributed by atoms with Crippen LogP contribution in [0, 0.1) is 0 Å². The van der Waals surface area contributed by atoms with Crippen LogP contribution in [0.3, 0.4) is 0 Å². The molecule has 2 N–H and O–H groups in total. The molecular weight excluding hydrogens is 110 g/mol. The van der Waals surface area contributed by atoms with Crippen molar-refractivity contribution in [1.82, 2.24) is 0 Å². The molecule has 0 saturated carbocycles. The zero-order chi connectivity index (χ0) is 7.11. The second kappa shape index (κ2) is 5.83. The molecule has 0 heterocycles. The summed E-state index contributed by atoms with van der Waals surface area (Å²) in [7, 11) is 0. The summed E-state index contributed by atoms with van der Waals surface area (Å²) in [6.45, 7) is 5.06. The zero-order valence-electron chi connectivity index (χ0n) is 6.48. The standard InChI is InChI=1S/C8H17N/c1-3-5-8(7-9)6-4-2/h5H,3-4,6-7,9H2,1-2H3. The van der Waals surface area contributed by atoms with Gasteiger partial charge in [-0.05, 0) is 12.8 Å². The quantitative estimate of drug-likeness (QED) is 0.575. The third-order valence-electron chi connectivity index (χ3n) is 1.33. The average molecular weight is 127 g/mol. The predicted octanol–water partition coefficient (Wildman–Crippen LogP) is 2.08. The molecule has 0 aromatic heterocycles. The van der Waals surface area contributed by atoms with Crippen LogP contribution in [0.4, 0.5) is 0 Å². The van der Waals surface area contributed by atoms with Crippen molar-refractivity contribution in [2.45, 2.75) is 33.1 Å². The van der Waals surface area contributed by atoms with Crippen LogP contribution in [0.1, 0.15) is 33.1 Å². The fourth-order valence-corrected chi connectivity index (χ4v) is 0.897. The summed E-state index contributed by atoms with van der Waals surface area (Å²) in [6, 6.07) is 0. The van der Waals surface area contributed by atoms with Crippen LogP contribution in [0.2, 0.25) is 0 Å². The van der Waals surface area contributed by atoms with Gasteiger partial charge in [0.25, 0.3) is 0 Å². The molecule has 0 aliphatic heterocycles. The van der Waals surface area contributed by atoms with Crippen molar-refractivity contribution < 1.29 is 0 Å². The molecule has 0 radical (unpaired) electrons. The maximum Gasteiger partial charge on any atom is 0.0136 e. The highest BCUT2D eigenvalue weighted by Crippen LogP contribution is 2.02. The summed E-state index contributed by atoms with van der Waals surface area (Å²) in [6.07, 6.45) is 5.73. The predicted molar refractivity (Wildman–Crippen MR) is 42.3 cm³/mol. The molecule has 9 heavy (non-hydrogen) atoms. The minimum atomic E-state index is 0.738. The molecule has 0 fully saturated rings. The number of hydrogen-bond donors (Lipinski definition) is 1. The number of hydrogen-bond acceptors (Lipinski definition) is 1. The molecule has 0 unspecified atom stereocenters. The van der Waals surface area contributed by atoms with E-state index in [2.05, 4.69) is 19.9 Å². The first-order chi connectivity index (χ1) is 4.35. The van der Waals surface area contributed by atoms with Crippen LogP contribution < -0.4 is 5.73 Å². The average Bonchev–Trinajstić information content (AvgIpc) is 1.88. The van der Waals surface area contributed by atoms with E-state index < -0.39 is 0 Å². The van der Waals surface area contributed by atoms with E-state index in [4.69, 9.17) is 5.73 Å². The first-order valence-electron chi connectivity index (χ1n) is 3.73. The van der Waals surface area contributed by atoms with Gasteiger partial charge in [0.15, 0.2) is 0 Å². The van der Waals surface area contributed by atoms with Crippen molar-refractivity contribution in [3.05, 3.63) is 11.6 Å². The van der Waals surface area contributed by atoms with Crippen LogP contribution in [-0.2, 0) is 0 Å². The lowest BCUT2D eigenvalue weighted by molar-refractivity contribution is 0.865. The highest BCUT2D eigenvalue weighted by Gasteiger charge is 1.88. The van der Waals surface area contributed by atoms with Gasteiger partial charge < -0.3 is 5.73 Å². The van der Waals surface area contributed by atoms with E-state index in [0.717, 1.165) is 13.0 Å². The van der Waals surface area contributed by atoms with Gasteiger partial charge >= 0.3 is 0 Å². The van der Waals surface area contributed by atoms with E-state index in [0.29, 0.717) is 0 Å². The van der Waals surface area contributed by atoms with Crippen molar-refractivity contribution in [3.63, 3.8) is 0 Å². The van der Waals surface area contributed by atoms with Gasteiger partial charge in [-0.15, -0.1) is 0 Å². The summed E-state index contributed by atoms with van der Waals surface area (Å²) in [5, 5.41) is 0. The lowest BCUT2D eigenvalue weighted by Gasteiger charge is -1.99. The summed E-state index contributed by atoms with van der Waals surface area (Å²) in [5.41, 5.74) is 6.88. The third-order valence-corrected chi connectivity index (χ3v) is 1.33. The third kappa shape index (κ3) is 4.22. The first kappa shape index (κ1) is 8.70. The number of allylic oxidation sites excluding steroid dienone is 1. The van der Waals surface area contributed by atoms with Gasteiger partial charge in [-0.2, -0.15) is 0 Å². The van der Waals surface area contributed by atoms with E-state index in [1.807, 2.05) is 0 Å². The first-order valence-corrected chi connectivity index (χ1v) is 3.73. The van der Waals surface area contributed by atoms with Crippen LogP contribution in [0.25, 0.3) is 0 Å². The molecule has 1 nitrogen and oxygen atoms in total. The number of rotatable bonds is 4. The largest absolute Gasteiger partial charge is 0.327 e. The van der Waals surface area contributed by atoms with E-state index in [1.165, 1.54) is 18.4 Å². The zero-order valence-corrected chi connectivity index (χ0v) is 6.48. The molecule has 0 aliphatic carbocycles. The van der Waals surface area contributed by atoms with Crippen molar-refractivity contribution >= 4 is 0 Å². The maximum absolute atomic E-state index is 5.48. The summed E-state index contributed by atoms with van der Waals surface area (Å²) >= 11 is 0. The van der Waals surface area contributed by atoms with Crippen LogP contribution in [0.15, 0.2) is 11.6 Å². The van der Waals surface area contributed by atoms with Crippen molar-refractivity contribution in [2.75, 3.05) is 6.54 Å². The van der Waals surface area contributed by atoms with E-state index in [9.17, 15) is 0 Å². The van der Waals surface area contributed by atoms with Gasteiger partial charge in [-0.1, -0.05) is 31.9 Å². The normalized spacial score (nSPS) is 12.1. The minimum Gasteiger partial charge on any atom is -0.327 e. The monoisotopic (exact) mass is 127 g/mol. The molecule has 0 aromatic carbocycles. The van der Waals surface area contributed by atoms with Crippen molar-refractivity contribution in [2.24, 2.45) is 5.73 Å². The Morgan fingerprint density at radius 1 is 1.44 bits per heavy atom. The Labute approximate surface area is 57.9 Å². The Bertz CT molecular complexity index is 84.6. The highest BCUT2D eigenvalue weighted by atomic mass is 14.5. The molecule has 1 heteroatoms. The Morgan fingerprint density at radius 3 is 2.44 bits per heavy atom. The van der Waals surface area contributed by atoms with Gasteiger partial charge in [0.2, 0.25) is 0 Å². The van der Waals surface area contributed by atoms with E-state index in [1.54, 1.807) is 0 Å². The Hall–Kier alpha value is -0.300. The molecule has 0 aliphatic rings. The van der Waals surface area contributed by atoms with E-state index >= 15 is 0 Å². The molecule has 0 saturated heterocycles. The second-order valence-corrected chi connectivity index (χ2v) is 2.22. The van der Waals surface area contributed by atoms with Gasteiger partial charge in [0, 0.05) is 6.54 Å². The van der Waals surface area contributed by atoms with Gasteiger partial charge in [-0.25, -0.2) is 0 Å². The highest BCUT2D eigenvalue weighted by molar-refractivity contribution is 5.02. The van der Waals surface area contributed by atoms with Crippen molar-refractivity contribution in [1.29, 1.82) is 0 Å². The lowest BCUT2D eigenvalue weighted by atomic mass is 10.1. The molecule has 0 bridgehead atoms. The van der Waals surface area contributed by atoms with Crippen LogP contribution in [-0.4, -0.2) is 6.54 Å². The maximum atomic E-state index is 5.48. The molecule has 0 spiro atoms. The van der Waals surface area contributed by atoms with Gasteiger partial charge in [0.1, 0.15) is 0 Å². The molecule has 0 aromatic rings. The SMILES string of the molecule is CCC=C(CN)CCC. The number of nitrogens with two attached hydrogens (primary N) is 1. The smallest absolute Gasteiger partial charge is 0.0136 e. The van der Waals surface area contributed by atoms with E-state index in [-0.39, 0.29) is 0 Å². The molecular formula is C8H17N. The van der Waals surface area contributed by atoms with Crippen LogP contribution >= 0.6 is 0 Å². The van der Waals surface area contributed by atoms with Gasteiger partial charge in [0.05, 0.1) is 0 Å². The summed E-state index contributed by atoms with van der Waals surface area (Å²) in [4.78, 5) is 0. The minimum absolute atomic E-state index is 0.738.